The largest absolute Gasteiger partial charge is 0.241 e. The first-order valence-corrected chi connectivity index (χ1v) is 8.94. The molecule has 7 heteroatoms. The van der Waals surface area contributed by atoms with E-state index in [0.29, 0.717) is 11.1 Å². The predicted octanol–water partition coefficient (Wildman–Crippen LogP) is 3.75. The van der Waals surface area contributed by atoms with E-state index in [9.17, 15) is 12.8 Å². The molecular formula is C13H13BrFNO2S2. The van der Waals surface area contributed by atoms with E-state index in [2.05, 4.69) is 20.7 Å². The third-order valence-electron chi connectivity index (χ3n) is 2.75. The second kappa shape index (κ2) is 5.93. The van der Waals surface area contributed by atoms with Crippen LogP contribution in [0, 0.1) is 19.7 Å². The lowest BCUT2D eigenvalue weighted by Gasteiger charge is -2.11. The first kappa shape index (κ1) is 15.6. The van der Waals surface area contributed by atoms with Crippen molar-refractivity contribution in [3.05, 3.63) is 49.9 Å². The number of halogens is 2. The van der Waals surface area contributed by atoms with Gasteiger partial charge in [0.15, 0.2) is 0 Å². The summed E-state index contributed by atoms with van der Waals surface area (Å²) in [7, 11) is -3.65. The van der Waals surface area contributed by atoms with Crippen molar-refractivity contribution in [2.75, 3.05) is 0 Å². The van der Waals surface area contributed by atoms with Gasteiger partial charge in [0.05, 0.1) is 4.90 Å². The van der Waals surface area contributed by atoms with Crippen molar-refractivity contribution < 1.29 is 12.8 Å². The van der Waals surface area contributed by atoms with E-state index in [0.717, 1.165) is 9.35 Å². The normalized spacial score (nSPS) is 11.8. The molecule has 0 bridgehead atoms. The van der Waals surface area contributed by atoms with Gasteiger partial charge in [-0.2, -0.15) is 0 Å². The monoisotopic (exact) mass is 377 g/mol. The third kappa shape index (κ3) is 3.46. The van der Waals surface area contributed by atoms with E-state index >= 15 is 0 Å². The molecule has 1 heterocycles. The summed E-state index contributed by atoms with van der Waals surface area (Å²) in [4.78, 5) is 1.05. The molecule has 2 aromatic rings. The zero-order valence-corrected chi connectivity index (χ0v) is 14.1. The van der Waals surface area contributed by atoms with E-state index in [4.69, 9.17) is 0 Å². The molecule has 2 rings (SSSR count). The molecule has 0 saturated heterocycles. The van der Waals surface area contributed by atoms with Crippen molar-refractivity contribution >= 4 is 37.3 Å². The Balaban J connectivity index is 2.27. The minimum Gasteiger partial charge on any atom is -0.207 e. The van der Waals surface area contributed by atoms with E-state index in [1.54, 1.807) is 13.8 Å². The summed E-state index contributed by atoms with van der Waals surface area (Å²) in [6.07, 6.45) is 0. The van der Waals surface area contributed by atoms with Gasteiger partial charge in [0.2, 0.25) is 10.0 Å². The first-order chi connectivity index (χ1) is 9.29. The summed E-state index contributed by atoms with van der Waals surface area (Å²) in [6.45, 7) is 3.40. The maximum absolute atomic E-state index is 13.2. The zero-order chi connectivity index (χ0) is 14.9. The summed E-state index contributed by atoms with van der Waals surface area (Å²) < 4.78 is 41.3. The summed E-state index contributed by atoms with van der Waals surface area (Å²) in [5, 5.41) is 1.89. The molecule has 0 saturated carbocycles. The number of aryl methyl sites for hydroxylation is 2. The average Bonchev–Trinajstić information content (AvgIpc) is 2.71. The molecule has 1 N–H and O–H groups in total. The van der Waals surface area contributed by atoms with E-state index in [-0.39, 0.29) is 11.4 Å². The van der Waals surface area contributed by atoms with Crippen LogP contribution in [0.25, 0.3) is 0 Å². The lowest BCUT2D eigenvalue weighted by atomic mass is 10.1. The van der Waals surface area contributed by atoms with Crippen LogP contribution in [0.4, 0.5) is 4.39 Å². The standard InChI is InChI=1S/C13H13BrFNO2S2/c1-8-3-11(15)4-9(2)13(8)20(17,18)16-6-12-5-10(14)7-19-12/h3-5,7,16H,6H2,1-2H3. The van der Waals surface area contributed by atoms with E-state index in [1.807, 2.05) is 11.4 Å². The quantitative estimate of drug-likeness (QED) is 0.881. The molecule has 0 unspecified atom stereocenters. The molecule has 0 fully saturated rings. The van der Waals surface area contributed by atoms with Crippen LogP contribution in [0.5, 0.6) is 0 Å². The van der Waals surface area contributed by atoms with Crippen molar-refractivity contribution in [1.82, 2.24) is 4.72 Å². The van der Waals surface area contributed by atoms with Gasteiger partial charge >= 0.3 is 0 Å². The molecule has 108 valence electrons. The van der Waals surface area contributed by atoms with Gasteiger partial charge in [0.25, 0.3) is 0 Å². The second-order valence-electron chi connectivity index (χ2n) is 4.42. The van der Waals surface area contributed by atoms with Gasteiger partial charge in [-0.15, -0.1) is 11.3 Å². The van der Waals surface area contributed by atoms with Gasteiger partial charge in [-0.1, -0.05) is 0 Å². The molecule has 0 aliphatic rings. The number of nitrogens with one attached hydrogen (secondary N) is 1. The van der Waals surface area contributed by atoms with Crippen molar-refractivity contribution in [3.63, 3.8) is 0 Å². The summed E-state index contributed by atoms with van der Waals surface area (Å²) >= 11 is 4.78. The Hall–Kier alpha value is -0.760. The molecule has 1 aromatic heterocycles. The molecular weight excluding hydrogens is 365 g/mol. The van der Waals surface area contributed by atoms with Gasteiger partial charge in [-0.05, 0) is 59.1 Å². The van der Waals surface area contributed by atoms with Crippen LogP contribution in [0.2, 0.25) is 0 Å². The van der Waals surface area contributed by atoms with Gasteiger partial charge in [-0.25, -0.2) is 17.5 Å². The van der Waals surface area contributed by atoms with Crippen LogP contribution in [-0.2, 0) is 16.6 Å². The fourth-order valence-electron chi connectivity index (χ4n) is 2.01. The van der Waals surface area contributed by atoms with Crippen LogP contribution in [0.3, 0.4) is 0 Å². The SMILES string of the molecule is Cc1cc(F)cc(C)c1S(=O)(=O)NCc1cc(Br)cs1. The highest BCUT2D eigenvalue weighted by atomic mass is 79.9. The topological polar surface area (TPSA) is 46.2 Å². The third-order valence-corrected chi connectivity index (χ3v) is 6.16. The summed E-state index contributed by atoms with van der Waals surface area (Å²) in [5.74, 6) is -0.430. The maximum Gasteiger partial charge on any atom is 0.241 e. The van der Waals surface area contributed by atoms with Crippen LogP contribution >= 0.6 is 27.3 Å². The molecule has 0 radical (unpaired) electrons. The molecule has 0 aliphatic carbocycles. The average molecular weight is 378 g/mol. The Kier molecular flexibility index (Phi) is 4.63. The minimum atomic E-state index is -3.65. The molecule has 20 heavy (non-hydrogen) atoms. The van der Waals surface area contributed by atoms with Crippen LogP contribution < -0.4 is 4.72 Å². The summed E-state index contributed by atoms with van der Waals surface area (Å²) in [5.41, 5.74) is 0.810. The Morgan fingerprint density at radius 1 is 1.25 bits per heavy atom. The van der Waals surface area contributed by atoms with Crippen LogP contribution in [0.15, 0.2) is 32.9 Å². The van der Waals surface area contributed by atoms with Crippen molar-refractivity contribution in [1.29, 1.82) is 0 Å². The van der Waals surface area contributed by atoms with E-state index in [1.165, 1.54) is 23.5 Å². The Bertz CT molecular complexity index is 718. The van der Waals surface area contributed by atoms with Crippen molar-refractivity contribution in [2.24, 2.45) is 0 Å². The number of thiophene rings is 1. The highest BCUT2D eigenvalue weighted by Crippen LogP contribution is 2.23. The maximum atomic E-state index is 13.2. The number of sulfonamides is 1. The number of rotatable bonds is 4. The highest BCUT2D eigenvalue weighted by molar-refractivity contribution is 9.10. The summed E-state index contributed by atoms with van der Waals surface area (Å²) in [6, 6.07) is 4.31. The first-order valence-electron chi connectivity index (χ1n) is 5.79. The fraction of sp³-hybridized carbons (Fsp3) is 0.231. The Morgan fingerprint density at radius 2 is 1.85 bits per heavy atom. The Morgan fingerprint density at radius 3 is 2.35 bits per heavy atom. The number of benzene rings is 1. The molecule has 0 spiro atoms. The number of hydrogen-bond acceptors (Lipinski definition) is 3. The number of hydrogen-bond donors (Lipinski definition) is 1. The second-order valence-corrected chi connectivity index (χ2v) is 8.04. The molecule has 0 atom stereocenters. The fourth-order valence-corrected chi connectivity index (χ4v) is 4.94. The molecule has 0 aliphatic heterocycles. The van der Waals surface area contributed by atoms with Gasteiger partial charge in [0.1, 0.15) is 5.82 Å². The van der Waals surface area contributed by atoms with Gasteiger partial charge in [0, 0.05) is 21.3 Å². The van der Waals surface area contributed by atoms with Crippen molar-refractivity contribution in [2.45, 2.75) is 25.3 Å². The highest BCUT2D eigenvalue weighted by Gasteiger charge is 2.20. The zero-order valence-electron chi connectivity index (χ0n) is 10.9. The van der Waals surface area contributed by atoms with Gasteiger partial charge in [-0.3, -0.25) is 0 Å². The lowest BCUT2D eigenvalue weighted by Crippen LogP contribution is -2.24. The predicted molar refractivity (Wildman–Crippen MR) is 81.9 cm³/mol. The smallest absolute Gasteiger partial charge is 0.207 e. The van der Waals surface area contributed by atoms with Gasteiger partial charge < -0.3 is 0 Å². The van der Waals surface area contributed by atoms with Crippen molar-refractivity contribution in [3.8, 4) is 0 Å². The lowest BCUT2D eigenvalue weighted by molar-refractivity contribution is 0.579. The molecule has 0 amide bonds. The van der Waals surface area contributed by atoms with Crippen LogP contribution in [0.1, 0.15) is 16.0 Å². The van der Waals surface area contributed by atoms with E-state index < -0.39 is 15.8 Å². The Labute approximate surface area is 130 Å². The molecule has 1 aromatic carbocycles. The molecule has 3 nitrogen and oxygen atoms in total. The van der Waals surface area contributed by atoms with Crippen LogP contribution in [-0.4, -0.2) is 8.42 Å². The minimum absolute atomic E-state index is 0.148.